The molecule has 0 aromatic heterocycles. The molecule has 2 N–H and O–H groups in total. The maximum absolute atomic E-state index is 6.01. The Morgan fingerprint density at radius 2 is 2.00 bits per heavy atom. The number of nitrogens with zero attached hydrogens (tertiary/aromatic N) is 1. The number of methoxy groups -OCH3 is 1. The van der Waals surface area contributed by atoms with Crippen molar-refractivity contribution in [2.75, 3.05) is 20.2 Å². The van der Waals surface area contributed by atoms with Crippen LogP contribution in [0.1, 0.15) is 52.4 Å². The number of hydrogen-bond acceptors (Lipinski definition) is 3. The number of ether oxygens (including phenoxy) is 1. The van der Waals surface area contributed by atoms with Crippen LogP contribution in [0.25, 0.3) is 0 Å². The Morgan fingerprint density at radius 1 is 1.21 bits per heavy atom. The Morgan fingerprint density at radius 3 is 2.63 bits per heavy atom. The summed E-state index contributed by atoms with van der Waals surface area (Å²) in [4.78, 5) is 2.71. The molecule has 2 rings (SSSR count). The summed E-state index contributed by atoms with van der Waals surface area (Å²) in [6.07, 6.45) is 8.30. The van der Waals surface area contributed by atoms with Crippen molar-refractivity contribution in [3.63, 3.8) is 0 Å². The highest BCUT2D eigenvalue weighted by molar-refractivity contribution is 4.90. The van der Waals surface area contributed by atoms with Crippen molar-refractivity contribution in [2.45, 2.75) is 70.6 Å². The second-order valence-corrected chi connectivity index (χ2v) is 6.83. The first-order valence-corrected chi connectivity index (χ1v) is 8.14. The number of hydrogen-bond donors (Lipinski definition) is 1. The largest absolute Gasteiger partial charge is 0.381 e. The van der Waals surface area contributed by atoms with Gasteiger partial charge in [0.05, 0.1) is 6.10 Å². The number of rotatable bonds is 4. The van der Waals surface area contributed by atoms with E-state index >= 15 is 0 Å². The van der Waals surface area contributed by atoms with Crippen LogP contribution in [0.3, 0.4) is 0 Å². The van der Waals surface area contributed by atoms with E-state index in [1.165, 1.54) is 38.6 Å². The molecule has 3 nitrogen and oxygen atoms in total. The van der Waals surface area contributed by atoms with Crippen LogP contribution in [0.5, 0.6) is 0 Å². The summed E-state index contributed by atoms with van der Waals surface area (Å²) in [5, 5.41) is 0. The van der Waals surface area contributed by atoms with Crippen molar-refractivity contribution in [3.05, 3.63) is 0 Å². The molecule has 1 aliphatic heterocycles. The minimum atomic E-state index is 0.425. The fourth-order valence-electron chi connectivity index (χ4n) is 4.07. The normalized spacial score (nSPS) is 37.7. The molecule has 4 atom stereocenters. The van der Waals surface area contributed by atoms with Crippen molar-refractivity contribution in [2.24, 2.45) is 17.6 Å². The fraction of sp³-hybridized carbons (Fsp3) is 1.00. The van der Waals surface area contributed by atoms with Crippen LogP contribution < -0.4 is 5.73 Å². The van der Waals surface area contributed by atoms with Gasteiger partial charge in [-0.1, -0.05) is 26.7 Å². The van der Waals surface area contributed by atoms with E-state index in [4.69, 9.17) is 10.5 Å². The molecule has 1 heterocycles. The van der Waals surface area contributed by atoms with Gasteiger partial charge in [-0.25, -0.2) is 0 Å². The zero-order chi connectivity index (χ0) is 13.8. The summed E-state index contributed by atoms with van der Waals surface area (Å²) in [6.45, 7) is 6.72. The molecule has 0 aromatic rings. The van der Waals surface area contributed by atoms with Gasteiger partial charge in [-0.15, -0.1) is 0 Å². The minimum Gasteiger partial charge on any atom is -0.381 e. The van der Waals surface area contributed by atoms with E-state index in [1.807, 2.05) is 7.11 Å². The predicted molar refractivity (Wildman–Crippen MR) is 80.2 cm³/mol. The van der Waals surface area contributed by atoms with Crippen molar-refractivity contribution in [1.82, 2.24) is 4.90 Å². The molecule has 112 valence electrons. The second kappa shape index (κ2) is 7.05. The van der Waals surface area contributed by atoms with E-state index in [2.05, 4.69) is 18.7 Å². The van der Waals surface area contributed by atoms with Crippen LogP contribution >= 0.6 is 0 Å². The maximum atomic E-state index is 6.01. The third-order valence-corrected chi connectivity index (χ3v) is 5.42. The first-order chi connectivity index (χ1) is 9.15. The standard InChI is InChI=1S/C16H32N2O/c1-12(2)13-5-4-6-14(9-13)18-8-7-16(19-3)10-15(18)11-17/h12-16H,4-11,17H2,1-3H3. The van der Waals surface area contributed by atoms with Crippen LogP contribution in [0.4, 0.5) is 0 Å². The van der Waals surface area contributed by atoms with Gasteiger partial charge in [-0.05, 0) is 37.5 Å². The molecule has 1 saturated heterocycles. The number of nitrogens with two attached hydrogens (primary N) is 1. The molecule has 2 aliphatic rings. The summed E-state index contributed by atoms with van der Waals surface area (Å²) in [7, 11) is 1.84. The monoisotopic (exact) mass is 268 g/mol. The molecule has 2 fully saturated rings. The quantitative estimate of drug-likeness (QED) is 0.852. The molecule has 1 saturated carbocycles. The first kappa shape index (κ1) is 15.3. The molecule has 1 aliphatic carbocycles. The van der Waals surface area contributed by atoms with Crippen LogP contribution in [0, 0.1) is 11.8 Å². The number of likely N-dealkylation sites (tertiary alicyclic amines) is 1. The first-order valence-electron chi connectivity index (χ1n) is 8.14. The molecule has 0 aromatic carbocycles. The average molecular weight is 268 g/mol. The van der Waals surface area contributed by atoms with Gasteiger partial charge in [0.15, 0.2) is 0 Å². The van der Waals surface area contributed by atoms with E-state index in [0.29, 0.717) is 12.1 Å². The van der Waals surface area contributed by atoms with Gasteiger partial charge in [0.1, 0.15) is 0 Å². The Labute approximate surface area is 118 Å². The average Bonchev–Trinajstić information content (AvgIpc) is 2.46. The van der Waals surface area contributed by atoms with E-state index in [0.717, 1.165) is 30.8 Å². The highest BCUT2D eigenvalue weighted by Gasteiger charge is 2.35. The zero-order valence-corrected chi connectivity index (χ0v) is 13.0. The molecule has 0 spiro atoms. The highest BCUT2D eigenvalue weighted by atomic mass is 16.5. The third-order valence-electron chi connectivity index (χ3n) is 5.42. The van der Waals surface area contributed by atoms with E-state index in [9.17, 15) is 0 Å². The summed E-state index contributed by atoms with van der Waals surface area (Å²) in [5.74, 6) is 1.74. The molecule has 0 amide bonds. The number of piperidine rings is 1. The summed E-state index contributed by atoms with van der Waals surface area (Å²) >= 11 is 0. The lowest BCUT2D eigenvalue weighted by Gasteiger charge is -2.46. The lowest BCUT2D eigenvalue weighted by Crippen LogP contribution is -2.54. The predicted octanol–water partition coefficient (Wildman–Crippen LogP) is 2.64. The smallest absolute Gasteiger partial charge is 0.0599 e. The maximum Gasteiger partial charge on any atom is 0.0599 e. The fourth-order valence-corrected chi connectivity index (χ4v) is 4.07. The van der Waals surface area contributed by atoms with Crippen molar-refractivity contribution >= 4 is 0 Å². The van der Waals surface area contributed by atoms with Crippen LogP contribution in [0.15, 0.2) is 0 Å². The van der Waals surface area contributed by atoms with Gasteiger partial charge < -0.3 is 10.5 Å². The third kappa shape index (κ3) is 3.71. The molecule has 19 heavy (non-hydrogen) atoms. The Hall–Kier alpha value is -0.120. The molecule has 0 radical (unpaired) electrons. The van der Waals surface area contributed by atoms with Gasteiger partial charge >= 0.3 is 0 Å². The van der Waals surface area contributed by atoms with Gasteiger partial charge in [0, 0.05) is 32.3 Å². The molecule has 4 unspecified atom stereocenters. The van der Waals surface area contributed by atoms with Gasteiger partial charge in [-0.3, -0.25) is 4.90 Å². The lowest BCUT2D eigenvalue weighted by atomic mass is 9.78. The van der Waals surface area contributed by atoms with Crippen molar-refractivity contribution in [1.29, 1.82) is 0 Å². The van der Waals surface area contributed by atoms with Crippen molar-refractivity contribution in [3.8, 4) is 0 Å². The van der Waals surface area contributed by atoms with E-state index in [-0.39, 0.29) is 0 Å². The molecular formula is C16H32N2O. The minimum absolute atomic E-state index is 0.425. The van der Waals surface area contributed by atoms with Gasteiger partial charge in [0.2, 0.25) is 0 Å². The Kier molecular flexibility index (Phi) is 5.67. The van der Waals surface area contributed by atoms with Gasteiger partial charge in [-0.2, -0.15) is 0 Å². The van der Waals surface area contributed by atoms with Crippen LogP contribution in [0.2, 0.25) is 0 Å². The van der Waals surface area contributed by atoms with Crippen LogP contribution in [-0.2, 0) is 4.74 Å². The SMILES string of the molecule is COC1CCN(C2CCCC(C(C)C)C2)C(CN)C1. The second-order valence-electron chi connectivity index (χ2n) is 6.83. The van der Waals surface area contributed by atoms with Crippen LogP contribution in [-0.4, -0.2) is 43.3 Å². The summed E-state index contributed by atoms with van der Waals surface area (Å²) in [5.41, 5.74) is 6.01. The Balaban J connectivity index is 1.95. The zero-order valence-electron chi connectivity index (χ0n) is 13.0. The van der Waals surface area contributed by atoms with E-state index < -0.39 is 0 Å². The molecule has 3 heteroatoms. The summed E-state index contributed by atoms with van der Waals surface area (Å²) in [6, 6.07) is 1.31. The summed E-state index contributed by atoms with van der Waals surface area (Å²) < 4.78 is 5.54. The topological polar surface area (TPSA) is 38.5 Å². The highest BCUT2D eigenvalue weighted by Crippen LogP contribution is 2.35. The lowest BCUT2D eigenvalue weighted by molar-refractivity contribution is -0.0177. The Bertz CT molecular complexity index is 269. The van der Waals surface area contributed by atoms with E-state index in [1.54, 1.807) is 0 Å². The van der Waals surface area contributed by atoms with Gasteiger partial charge in [0.25, 0.3) is 0 Å². The molecule has 0 bridgehead atoms. The molecular weight excluding hydrogens is 236 g/mol. The van der Waals surface area contributed by atoms with Crippen molar-refractivity contribution < 1.29 is 4.74 Å².